The lowest BCUT2D eigenvalue weighted by atomic mass is 10.1. The molecule has 1 heterocycles. The number of benzene rings is 2. The van der Waals surface area contributed by atoms with Crippen LogP contribution in [0, 0.1) is 5.82 Å². The predicted octanol–water partition coefficient (Wildman–Crippen LogP) is 0.702. The van der Waals surface area contributed by atoms with Gasteiger partial charge in [-0.25, -0.2) is 17.6 Å². The Labute approximate surface area is 158 Å². The summed E-state index contributed by atoms with van der Waals surface area (Å²) in [5.41, 5.74) is 1.48. The number of quaternary nitrogens is 1. The molecule has 0 amide bonds. The Morgan fingerprint density at radius 1 is 1.15 bits per heavy atom. The van der Waals surface area contributed by atoms with Crippen molar-refractivity contribution in [3.63, 3.8) is 0 Å². The monoisotopic (exact) mass is 393 g/mol. The molecule has 27 heavy (non-hydrogen) atoms. The van der Waals surface area contributed by atoms with E-state index in [0.29, 0.717) is 38.3 Å². The third-order valence-corrected chi connectivity index (χ3v) is 6.62. The van der Waals surface area contributed by atoms with Gasteiger partial charge in [0.15, 0.2) is 0 Å². The van der Waals surface area contributed by atoms with Crippen LogP contribution in [0.15, 0.2) is 53.4 Å². The van der Waals surface area contributed by atoms with Gasteiger partial charge in [0.05, 0.1) is 38.9 Å². The van der Waals surface area contributed by atoms with Gasteiger partial charge in [-0.1, -0.05) is 24.3 Å². The molecule has 0 unspecified atom stereocenters. The first kappa shape index (κ1) is 19.5. The van der Waals surface area contributed by atoms with Gasteiger partial charge in [-0.15, -0.1) is 0 Å². The van der Waals surface area contributed by atoms with E-state index in [0.717, 1.165) is 11.6 Å². The number of hydrogen-bond donors (Lipinski definition) is 1. The lowest BCUT2D eigenvalue weighted by Gasteiger charge is -2.31. The maximum Gasteiger partial charge on any atom is 0.337 e. The molecule has 2 aromatic rings. The van der Waals surface area contributed by atoms with Crippen molar-refractivity contribution in [3.8, 4) is 0 Å². The van der Waals surface area contributed by atoms with Crippen molar-refractivity contribution in [2.45, 2.75) is 11.4 Å². The highest BCUT2D eigenvalue weighted by molar-refractivity contribution is 7.89. The predicted molar refractivity (Wildman–Crippen MR) is 97.3 cm³/mol. The van der Waals surface area contributed by atoms with Crippen LogP contribution in [-0.2, 0) is 21.3 Å². The summed E-state index contributed by atoms with van der Waals surface area (Å²) in [6.07, 6.45) is 0. The molecule has 1 saturated heterocycles. The van der Waals surface area contributed by atoms with Crippen molar-refractivity contribution in [2.75, 3.05) is 33.3 Å². The summed E-state index contributed by atoms with van der Waals surface area (Å²) in [6, 6.07) is 12.7. The van der Waals surface area contributed by atoms with Gasteiger partial charge >= 0.3 is 5.97 Å². The first-order valence-electron chi connectivity index (χ1n) is 8.67. The third kappa shape index (κ3) is 4.35. The molecule has 1 N–H and O–H groups in total. The highest BCUT2D eigenvalue weighted by Crippen LogP contribution is 2.18. The standard InChI is InChI=1S/C19H21FN2O4S/c1-26-19(23)16-6-4-5-15(13-16)14-21-9-11-22(12-10-21)27(24,25)18-8-3-2-7-17(18)20/h2-8,13H,9-12,14H2,1H3/p+1. The van der Waals surface area contributed by atoms with Gasteiger partial charge in [-0.2, -0.15) is 4.31 Å². The topological polar surface area (TPSA) is 68.1 Å². The Bertz CT molecular complexity index is 925. The van der Waals surface area contributed by atoms with Crippen LogP contribution in [0.5, 0.6) is 0 Å². The molecule has 3 rings (SSSR count). The number of piperazine rings is 1. The van der Waals surface area contributed by atoms with Gasteiger partial charge in [0, 0.05) is 5.56 Å². The van der Waals surface area contributed by atoms with Crippen molar-refractivity contribution in [3.05, 3.63) is 65.5 Å². The fourth-order valence-electron chi connectivity index (χ4n) is 3.23. The number of ether oxygens (including phenoxy) is 1. The van der Waals surface area contributed by atoms with Gasteiger partial charge in [0.1, 0.15) is 17.3 Å². The maximum atomic E-state index is 13.9. The summed E-state index contributed by atoms with van der Waals surface area (Å²) in [4.78, 5) is 12.6. The molecule has 144 valence electrons. The lowest BCUT2D eigenvalue weighted by molar-refractivity contribution is -0.917. The van der Waals surface area contributed by atoms with E-state index in [2.05, 4.69) is 0 Å². The summed E-state index contributed by atoms with van der Waals surface area (Å²) in [6.45, 7) is 2.54. The maximum absolute atomic E-state index is 13.9. The second-order valence-corrected chi connectivity index (χ2v) is 8.36. The Morgan fingerprint density at radius 2 is 1.85 bits per heavy atom. The fourth-order valence-corrected chi connectivity index (χ4v) is 4.73. The first-order valence-corrected chi connectivity index (χ1v) is 10.1. The largest absolute Gasteiger partial charge is 0.465 e. The molecule has 0 spiro atoms. The highest BCUT2D eigenvalue weighted by Gasteiger charge is 2.32. The first-order chi connectivity index (χ1) is 12.9. The molecular weight excluding hydrogens is 371 g/mol. The minimum absolute atomic E-state index is 0.278. The molecule has 0 radical (unpaired) electrons. The summed E-state index contributed by atoms with van der Waals surface area (Å²) in [5, 5.41) is 0. The number of hydrogen-bond acceptors (Lipinski definition) is 4. The van der Waals surface area contributed by atoms with E-state index in [9.17, 15) is 17.6 Å². The lowest BCUT2D eigenvalue weighted by Crippen LogP contribution is -3.13. The van der Waals surface area contributed by atoms with Crippen LogP contribution in [-0.4, -0.2) is 52.0 Å². The van der Waals surface area contributed by atoms with Crippen LogP contribution in [0.25, 0.3) is 0 Å². The molecule has 2 aromatic carbocycles. The zero-order chi connectivity index (χ0) is 19.4. The zero-order valence-electron chi connectivity index (χ0n) is 15.0. The summed E-state index contributed by atoms with van der Waals surface area (Å²) in [7, 11) is -2.48. The molecule has 8 heteroatoms. The summed E-state index contributed by atoms with van der Waals surface area (Å²) >= 11 is 0. The third-order valence-electron chi connectivity index (χ3n) is 4.69. The van der Waals surface area contributed by atoms with Gasteiger partial charge in [0.25, 0.3) is 0 Å². The zero-order valence-corrected chi connectivity index (χ0v) is 15.8. The minimum Gasteiger partial charge on any atom is -0.465 e. The number of halogens is 1. The number of carbonyl (C=O) groups is 1. The Morgan fingerprint density at radius 3 is 2.52 bits per heavy atom. The van der Waals surface area contributed by atoms with Gasteiger partial charge < -0.3 is 9.64 Å². The molecule has 0 atom stereocenters. The van der Waals surface area contributed by atoms with Crippen molar-refractivity contribution < 1.29 is 27.2 Å². The molecule has 1 fully saturated rings. The number of esters is 1. The van der Waals surface area contributed by atoms with Crippen LogP contribution in [0.1, 0.15) is 15.9 Å². The number of rotatable bonds is 5. The van der Waals surface area contributed by atoms with Gasteiger partial charge in [-0.3, -0.25) is 0 Å². The quantitative estimate of drug-likeness (QED) is 0.760. The summed E-state index contributed by atoms with van der Waals surface area (Å²) < 4.78 is 45.3. The minimum atomic E-state index is -3.83. The molecule has 1 aliphatic rings. The number of methoxy groups -OCH3 is 1. The SMILES string of the molecule is COC(=O)c1cccc(C[NH+]2CCN(S(=O)(=O)c3ccccc3F)CC2)c1. The fraction of sp³-hybridized carbons (Fsp3) is 0.316. The number of nitrogens with zero attached hydrogens (tertiary/aromatic N) is 1. The van der Waals surface area contributed by atoms with Crippen molar-refractivity contribution in [1.82, 2.24) is 4.31 Å². The van der Waals surface area contributed by atoms with Gasteiger partial charge in [-0.05, 0) is 24.3 Å². The van der Waals surface area contributed by atoms with Crippen LogP contribution in [0.2, 0.25) is 0 Å². The van der Waals surface area contributed by atoms with E-state index in [1.165, 1.54) is 34.5 Å². The number of sulfonamides is 1. The molecule has 0 bridgehead atoms. The average Bonchev–Trinajstić information content (AvgIpc) is 2.68. The number of nitrogens with one attached hydrogen (secondary N) is 1. The van der Waals surface area contributed by atoms with E-state index < -0.39 is 15.8 Å². The average molecular weight is 393 g/mol. The second-order valence-electron chi connectivity index (χ2n) is 6.45. The van der Waals surface area contributed by atoms with Gasteiger partial charge in [0.2, 0.25) is 10.0 Å². The van der Waals surface area contributed by atoms with Crippen molar-refractivity contribution in [2.24, 2.45) is 0 Å². The second kappa shape index (κ2) is 8.16. The normalized spacial score (nSPS) is 16.2. The van der Waals surface area contributed by atoms with Crippen LogP contribution < -0.4 is 4.90 Å². The summed E-state index contributed by atoms with van der Waals surface area (Å²) in [5.74, 6) is -1.11. The molecule has 6 nitrogen and oxygen atoms in total. The molecule has 1 aliphatic heterocycles. The van der Waals surface area contributed by atoms with E-state index in [-0.39, 0.29) is 10.9 Å². The highest BCUT2D eigenvalue weighted by atomic mass is 32.2. The smallest absolute Gasteiger partial charge is 0.337 e. The van der Waals surface area contributed by atoms with Crippen molar-refractivity contribution >= 4 is 16.0 Å². The van der Waals surface area contributed by atoms with Crippen molar-refractivity contribution in [1.29, 1.82) is 0 Å². The molecular formula is C19H22FN2O4S+. The Kier molecular flexibility index (Phi) is 5.88. The van der Waals surface area contributed by atoms with E-state index >= 15 is 0 Å². The number of carbonyl (C=O) groups excluding carboxylic acids is 1. The van der Waals surface area contributed by atoms with E-state index in [1.54, 1.807) is 18.2 Å². The van der Waals surface area contributed by atoms with E-state index in [1.807, 2.05) is 6.07 Å². The van der Waals surface area contributed by atoms with Crippen LogP contribution >= 0.6 is 0 Å². The Hall–Kier alpha value is -2.29. The van der Waals surface area contributed by atoms with E-state index in [4.69, 9.17) is 4.74 Å². The van der Waals surface area contributed by atoms with Crippen LogP contribution in [0.4, 0.5) is 4.39 Å². The Balaban J connectivity index is 1.64. The molecule has 0 aliphatic carbocycles. The molecule has 0 saturated carbocycles. The molecule has 0 aromatic heterocycles. The van der Waals surface area contributed by atoms with Crippen LogP contribution in [0.3, 0.4) is 0 Å².